The van der Waals surface area contributed by atoms with Crippen molar-refractivity contribution in [3.8, 4) is 0 Å². The van der Waals surface area contributed by atoms with Crippen molar-refractivity contribution in [2.75, 3.05) is 4.31 Å². The second kappa shape index (κ2) is 6.12. The van der Waals surface area contributed by atoms with Crippen LogP contribution in [0, 0.1) is 13.8 Å². The fourth-order valence-corrected chi connectivity index (χ4v) is 5.00. The number of aryl methyl sites for hydroxylation is 2. The van der Waals surface area contributed by atoms with Crippen LogP contribution in [0.3, 0.4) is 0 Å². The Bertz CT molecular complexity index is 1140. The van der Waals surface area contributed by atoms with Crippen LogP contribution in [0.1, 0.15) is 18.1 Å². The molecule has 0 unspecified atom stereocenters. The molecule has 0 atom stereocenters. The van der Waals surface area contributed by atoms with Crippen LogP contribution in [0.25, 0.3) is 10.3 Å². The standard InChI is InChI=1S/C17H15NO5S2/c1-10-4-7-16(11(2)8-10)25(21,22)18(12(3)19)13-5-6-14-15(9-13)24-17(20)23-14/h4-9H,1-3H3. The number of benzene rings is 2. The minimum Gasteiger partial charge on any atom is -0.414 e. The molecule has 0 saturated heterocycles. The van der Waals surface area contributed by atoms with Crippen LogP contribution in [0.5, 0.6) is 0 Å². The van der Waals surface area contributed by atoms with Gasteiger partial charge in [0.25, 0.3) is 10.0 Å². The first-order chi connectivity index (χ1) is 11.7. The van der Waals surface area contributed by atoms with E-state index in [9.17, 15) is 18.0 Å². The maximum atomic E-state index is 13.1. The highest BCUT2D eigenvalue weighted by Gasteiger charge is 2.30. The van der Waals surface area contributed by atoms with Crippen molar-refractivity contribution in [3.63, 3.8) is 0 Å². The van der Waals surface area contributed by atoms with Crippen molar-refractivity contribution in [1.29, 1.82) is 0 Å². The topological polar surface area (TPSA) is 84.7 Å². The first kappa shape index (κ1) is 17.4. The number of amides is 1. The van der Waals surface area contributed by atoms with E-state index in [-0.39, 0.29) is 10.6 Å². The van der Waals surface area contributed by atoms with E-state index in [1.807, 2.05) is 6.92 Å². The highest BCUT2D eigenvalue weighted by molar-refractivity contribution is 7.93. The summed E-state index contributed by atoms with van der Waals surface area (Å²) in [7, 11) is -4.08. The quantitative estimate of drug-likeness (QED) is 0.700. The van der Waals surface area contributed by atoms with Crippen LogP contribution in [-0.2, 0) is 14.8 Å². The molecule has 0 aliphatic carbocycles. The summed E-state index contributed by atoms with van der Waals surface area (Å²) in [5.41, 5.74) is 2.00. The van der Waals surface area contributed by atoms with Crippen LogP contribution in [-0.4, -0.2) is 14.3 Å². The molecule has 0 bridgehead atoms. The molecule has 8 heteroatoms. The van der Waals surface area contributed by atoms with Gasteiger partial charge in [0, 0.05) is 6.92 Å². The number of hydrogen-bond donors (Lipinski definition) is 0. The maximum absolute atomic E-state index is 13.1. The lowest BCUT2D eigenvalue weighted by molar-refractivity contribution is -0.115. The number of carbonyl (C=O) groups excluding carboxylic acids is 1. The average molecular weight is 377 g/mol. The summed E-state index contributed by atoms with van der Waals surface area (Å²) in [5, 5.41) is 0. The van der Waals surface area contributed by atoms with Gasteiger partial charge in [0.05, 0.1) is 15.3 Å². The molecule has 25 heavy (non-hydrogen) atoms. The van der Waals surface area contributed by atoms with E-state index in [0.717, 1.165) is 21.2 Å². The van der Waals surface area contributed by atoms with Gasteiger partial charge >= 0.3 is 4.94 Å². The molecule has 0 saturated carbocycles. The Morgan fingerprint density at radius 1 is 1.12 bits per heavy atom. The number of nitrogens with zero attached hydrogens (tertiary/aromatic N) is 1. The molecule has 1 heterocycles. The molecule has 0 aliphatic heterocycles. The number of sulfonamides is 1. The molecular weight excluding hydrogens is 362 g/mol. The third kappa shape index (κ3) is 3.10. The Morgan fingerprint density at radius 3 is 2.48 bits per heavy atom. The molecule has 3 rings (SSSR count). The number of anilines is 1. The van der Waals surface area contributed by atoms with Crippen molar-refractivity contribution < 1.29 is 17.6 Å². The summed E-state index contributed by atoms with van der Waals surface area (Å²) in [6, 6.07) is 9.31. The van der Waals surface area contributed by atoms with Crippen LogP contribution in [0.15, 0.2) is 50.5 Å². The van der Waals surface area contributed by atoms with Crippen molar-refractivity contribution >= 4 is 43.2 Å². The summed E-state index contributed by atoms with van der Waals surface area (Å²) >= 11 is 0.852. The fraction of sp³-hybridized carbons (Fsp3) is 0.176. The molecule has 130 valence electrons. The number of rotatable bonds is 3. The third-order valence-corrected chi connectivity index (χ3v) is 6.43. The summed E-state index contributed by atoms with van der Waals surface area (Å²) in [4.78, 5) is 23.1. The molecule has 6 nitrogen and oxygen atoms in total. The van der Waals surface area contributed by atoms with Crippen LogP contribution in [0.4, 0.5) is 5.69 Å². The van der Waals surface area contributed by atoms with Crippen LogP contribution < -0.4 is 9.24 Å². The van der Waals surface area contributed by atoms with Crippen molar-refractivity contribution in [1.82, 2.24) is 0 Å². The monoisotopic (exact) mass is 377 g/mol. The van der Waals surface area contributed by atoms with Gasteiger partial charge in [-0.05, 0) is 43.7 Å². The van der Waals surface area contributed by atoms with Crippen LogP contribution in [0.2, 0.25) is 0 Å². The number of carbonyl (C=O) groups is 1. The molecule has 0 radical (unpaired) electrons. The summed E-state index contributed by atoms with van der Waals surface area (Å²) in [5.74, 6) is -0.643. The highest BCUT2D eigenvalue weighted by Crippen LogP contribution is 2.30. The lowest BCUT2D eigenvalue weighted by Crippen LogP contribution is -2.35. The molecular formula is C17H15NO5S2. The molecule has 1 amide bonds. The second-order valence-corrected chi connectivity index (χ2v) is 8.37. The lowest BCUT2D eigenvalue weighted by Gasteiger charge is -2.22. The zero-order valence-electron chi connectivity index (χ0n) is 13.8. The zero-order valence-corrected chi connectivity index (χ0v) is 15.4. The minimum atomic E-state index is -4.08. The van der Waals surface area contributed by atoms with Gasteiger partial charge in [-0.3, -0.25) is 4.79 Å². The van der Waals surface area contributed by atoms with Gasteiger partial charge in [0.15, 0.2) is 0 Å². The third-order valence-electron chi connectivity index (χ3n) is 3.68. The predicted molar refractivity (Wildman–Crippen MR) is 96.6 cm³/mol. The predicted octanol–water partition coefficient (Wildman–Crippen LogP) is 3.21. The van der Waals surface area contributed by atoms with Gasteiger partial charge in [-0.2, -0.15) is 0 Å². The highest BCUT2D eigenvalue weighted by atomic mass is 32.2. The normalized spacial score (nSPS) is 11.6. The van der Waals surface area contributed by atoms with Gasteiger partial charge in [-0.1, -0.05) is 29.0 Å². The Hall–Kier alpha value is -2.45. The molecule has 0 spiro atoms. The maximum Gasteiger partial charge on any atom is 0.396 e. The summed E-state index contributed by atoms with van der Waals surface area (Å²) in [6.45, 7) is 4.73. The molecule has 2 aromatic carbocycles. The SMILES string of the molecule is CC(=O)N(c1ccc2oc(=O)sc2c1)S(=O)(=O)c1ccc(C)cc1C. The molecule has 0 aliphatic rings. The summed E-state index contributed by atoms with van der Waals surface area (Å²) in [6.07, 6.45) is 0. The lowest BCUT2D eigenvalue weighted by atomic mass is 10.2. The Morgan fingerprint density at radius 2 is 1.84 bits per heavy atom. The number of hydrogen-bond acceptors (Lipinski definition) is 6. The first-order valence-electron chi connectivity index (χ1n) is 7.37. The molecule has 0 fully saturated rings. The van der Waals surface area contributed by atoms with E-state index >= 15 is 0 Å². The van der Waals surface area contributed by atoms with Gasteiger partial charge in [0.1, 0.15) is 5.58 Å². The van der Waals surface area contributed by atoms with Crippen molar-refractivity contribution in [2.24, 2.45) is 0 Å². The first-order valence-corrected chi connectivity index (χ1v) is 9.62. The second-order valence-electron chi connectivity index (χ2n) is 5.64. The Kier molecular flexibility index (Phi) is 4.26. The van der Waals surface area contributed by atoms with E-state index in [0.29, 0.717) is 15.8 Å². The molecule has 0 N–H and O–H groups in total. The minimum absolute atomic E-state index is 0.0637. The van der Waals surface area contributed by atoms with Crippen molar-refractivity contribution in [3.05, 3.63) is 57.3 Å². The fourth-order valence-electron chi connectivity index (χ4n) is 2.66. The van der Waals surface area contributed by atoms with Crippen LogP contribution >= 0.6 is 11.3 Å². The van der Waals surface area contributed by atoms with E-state index in [1.54, 1.807) is 19.1 Å². The summed E-state index contributed by atoms with van der Waals surface area (Å²) < 4.78 is 32.3. The Balaban J connectivity index is 2.19. The Labute approximate surface area is 148 Å². The van der Waals surface area contributed by atoms with Gasteiger partial charge in [-0.25, -0.2) is 17.5 Å². The van der Waals surface area contributed by atoms with E-state index in [4.69, 9.17) is 4.42 Å². The van der Waals surface area contributed by atoms with Crippen molar-refractivity contribution in [2.45, 2.75) is 25.7 Å². The van der Waals surface area contributed by atoms with Gasteiger partial charge in [0.2, 0.25) is 5.91 Å². The van der Waals surface area contributed by atoms with E-state index in [2.05, 4.69) is 0 Å². The zero-order chi connectivity index (χ0) is 18.4. The van der Waals surface area contributed by atoms with E-state index < -0.39 is 20.9 Å². The molecule has 1 aromatic heterocycles. The molecule has 3 aromatic rings. The number of fused-ring (bicyclic) bond motifs is 1. The largest absolute Gasteiger partial charge is 0.414 e. The smallest absolute Gasteiger partial charge is 0.396 e. The van der Waals surface area contributed by atoms with E-state index in [1.165, 1.54) is 31.2 Å². The average Bonchev–Trinajstić information content (AvgIpc) is 2.85. The van der Waals surface area contributed by atoms with Gasteiger partial charge < -0.3 is 4.42 Å². The van der Waals surface area contributed by atoms with Gasteiger partial charge in [-0.15, -0.1) is 0 Å².